The molecule has 15 heavy (non-hydrogen) atoms. The molecule has 0 aliphatic carbocycles. The number of amides is 2. The molecule has 1 aromatic carbocycles. The number of carbonyl (C=O) groups is 1. The van der Waals surface area contributed by atoms with E-state index in [2.05, 4.69) is 16.5 Å². The molecule has 1 aromatic heterocycles. The van der Waals surface area contributed by atoms with Crippen LogP contribution < -0.4 is 17.0 Å². The van der Waals surface area contributed by atoms with Gasteiger partial charge in [0.05, 0.1) is 0 Å². The fourth-order valence-corrected chi connectivity index (χ4v) is 1.10. The third-order valence-corrected chi connectivity index (χ3v) is 1.63. The summed E-state index contributed by atoms with van der Waals surface area (Å²) in [5.74, 6) is 0. The fraction of sp³-hybridized carbons (Fsp3) is 0. The van der Waals surface area contributed by atoms with Gasteiger partial charge in [-0.1, -0.05) is 18.2 Å². The van der Waals surface area contributed by atoms with Gasteiger partial charge in [-0.3, -0.25) is 4.79 Å². The van der Waals surface area contributed by atoms with Crippen LogP contribution in [0.4, 0.5) is 4.79 Å². The van der Waals surface area contributed by atoms with Crippen molar-refractivity contribution in [1.29, 1.82) is 0 Å². The van der Waals surface area contributed by atoms with E-state index in [4.69, 9.17) is 4.79 Å². The lowest BCUT2D eigenvalue weighted by Crippen LogP contribution is -2.18. The summed E-state index contributed by atoms with van der Waals surface area (Å²) < 4.78 is 0. The molecule has 0 aliphatic heterocycles. The summed E-state index contributed by atoms with van der Waals surface area (Å²) in [4.78, 5) is 22.6. The number of nitrogens with one attached hydrogen (secondary N) is 1. The first-order valence-electron chi connectivity index (χ1n) is 4.22. The van der Waals surface area contributed by atoms with E-state index in [-0.39, 0.29) is 5.56 Å². The highest BCUT2D eigenvalue weighted by atomic mass is 16.2. The Morgan fingerprint density at radius 1 is 1.07 bits per heavy atom. The Hall–Kier alpha value is -2.30. The number of pyridine rings is 1. The van der Waals surface area contributed by atoms with Crippen LogP contribution in [0.25, 0.3) is 10.9 Å². The van der Waals surface area contributed by atoms with Crippen LogP contribution in [0.3, 0.4) is 0 Å². The van der Waals surface area contributed by atoms with E-state index in [1.54, 1.807) is 0 Å². The number of aromatic amines is 1. The van der Waals surface area contributed by atoms with Gasteiger partial charge in [0.2, 0.25) is 5.56 Å². The van der Waals surface area contributed by atoms with E-state index < -0.39 is 6.03 Å². The van der Waals surface area contributed by atoms with E-state index in [1.807, 2.05) is 30.3 Å². The third kappa shape index (κ3) is 3.51. The summed E-state index contributed by atoms with van der Waals surface area (Å²) in [6, 6.07) is 10.2. The lowest BCUT2D eigenvalue weighted by molar-refractivity contribution is 0.256. The molecule has 5 nitrogen and oxygen atoms in total. The Kier molecular flexibility index (Phi) is 3.45. The first kappa shape index (κ1) is 10.8. The summed E-state index contributed by atoms with van der Waals surface area (Å²) in [6.45, 7) is 0. The Morgan fingerprint density at radius 3 is 2.33 bits per heavy atom. The highest BCUT2D eigenvalue weighted by molar-refractivity contribution is 5.77. The maximum atomic E-state index is 10.8. The summed E-state index contributed by atoms with van der Waals surface area (Å²) in [5, 5.41) is 1.06. The van der Waals surface area contributed by atoms with Gasteiger partial charge in [-0.2, -0.15) is 0 Å². The summed E-state index contributed by atoms with van der Waals surface area (Å²) in [7, 11) is 0. The quantitative estimate of drug-likeness (QED) is 0.584. The zero-order valence-corrected chi connectivity index (χ0v) is 7.94. The standard InChI is InChI=1S/C9H7NO.CH4N2O/c11-9-6-5-7-3-1-2-4-8(7)10-9;2-1(3)4/h1-6H,(H,10,11);(H4,2,3,4). The molecule has 5 heteroatoms. The van der Waals surface area contributed by atoms with Gasteiger partial charge in [0, 0.05) is 11.6 Å². The SMILES string of the molecule is NC(N)=O.O=c1ccc2ccccc2[nH]1. The van der Waals surface area contributed by atoms with Crippen molar-refractivity contribution in [3.8, 4) is 0 Å². The minimum Gasteiger partial charge on any atom is -0.352 e. The molecule has 78 valence electrons. The summed E-state index contributed by atoms with van der Waals surface area (Å²) in [6.07, 6.45) is 0. The first-order valence-corrected chi connectivity index (χ1v) is 4.22. The van der Waals surface area contributed by atoms with Crippen LogP contribution in [0.15, 0.2) is 41.2 Å². The zero-order chi connectivity index (χ0) is 11.3. The monoisotopic (exact) mass is 205 g/mol. The molecule has 0 radical (unpaired) electrons. The average Bonchev–Trinajstić information content (AvgIpc) is 2.16. The Morgan fingerprint density at radius 2 is 1.67 bits per heavy atom. The van der Waals surface area contributed by atoms with Crippen molar-refractivity contribution in [3.05, 3.63) is 46.8 Å². The number of hydrogen-bond acceptors (Lipinski definition) is 2. The van der Waals surface area contributed by atoms with Crippen LogP contribution in [0.1, 0.15) is 0 Å². The van der Waals surface area contributed by atoms with Crippen LogP contribution >= 0.6 is 0 Å². The normalized spacial score (nSPS) is 9.07. The molecular weight excluding hydrogens is 194 g/mol. The van der Waals surface area contributed by atoms with Gasteiger partial charge in [-0.25, -0.2) is 4.79 Å². The molecule has 0 atom stereocenters. The second-order valence-electron chi connectivity index (χ2n) is 2.81. The van der Waals surface area contributed by atoms with Crippen LogP contribution in [0.5, 0.6) is 0 Å². The molecule has 5 N–H and O–H groups in total. The minimum atomic E-state index is -0.833. The second kappa shape index (κ2) is 4.80. The molecule has 0 aliphatic rings. The number of carbonyl (C=O) groups excluding carboxylic acids is 1. The third-order valence-electron chi connectivity index (χ3n) is 1.63. The van der Waals surface area contributed by atoms with Crippen LogP contribution in [-0.4, -0.2) is 11.0 Å². The smallest absolute Gasteiger partial charge is 0.309 e. The van der Waals surface area contributed by atoms with E-state index in [0.29, 0.717) is 0 Å². The number of H-pyrrole nitrogens is 1. The van der Waals surface area contributed by atoms with Crippen molar-refractivity contribution < 1.29 is 4.79 Å². The number of urea groups is 1. The number of primary amides is 2. The largest absolute Gasteiger partial charge is 0.352 e. The lowest BCUT2D eigenvalue weighted by atomic mass is 10.2. The Labute approximate surface area is 85.7 Å². The highest BCUT2D eigenvalue weighted by Crippen LogP contribution is 2.06. The van der Waals surface area contributed by atoms with E-state index in [0.717, 1.165) is 10.9 Å². The van der Waals surface area contributed by atoms with Gasteiger partial charge in [0.25, 0.3) is 0 Å². The molecule has 0 saturated heterocycles. The Balaban J connectivity index is 0.000000245. The predicted molar refractivity (Wildman–Crippen MR) is 58.3 cm³/mol. The number of rotatable bonds is 0. The van der Waals surface area contributed by atoms with Gasteiger partial charge < -0.3 is 16.5 Å². The number of nitrogens with two attached hydrogens (primary N) is 2. The Bertz CT molecular complexity index is 515. The van der Waals surface area contributed by atoms with E-state index >= 15 is 0 Å². The summed E-state index contributed by atoms with van der Waals surface area (Å²) >= 11 is 0. The number of benzene rings is 1. The maximum absolute atomic E-state index is 10.8. The maximum Gasteiger partial charge on any atom is 0.309 e. The zero-order valence-electron chi connectivity index (χ0n) is 7.94. The molecule has 0 saturated carbocycles. The van der Waals surface area contributed by atoms with Crippen LogP contribution in [-0.2, 0) is 0 Å². The van der Waals surface area contributed by atoms with Gasteiger partial charge in [0.15, 0.2) is 0 Å². The number of fused-ring (bicyclic) bond motifs is 1. The molecule has 0 fully saturated rings. The van der Waals surface area contributed by atoms with Gasteiger partial charge >= 0.3 is 6.03 Å². The lowest BCUT2D eigenvalue weighted by Gasteiger charge is -1.93. The summed E-state index contributed by atoms with van der Waals surface area (Å²) in [5.41, 5.74) is 9.34. The van der Waals surface area contributed by atoms with Crippen molar-refractivity contribution in [1.82, 2.24) is 4.98 Å². The van der Waals surface area contributed by atoms with Crippen molar-refractivity contribution in [2.24, 2.45) is 11.5 Å². The molecule has 2 rings (SSSR count). The van der Waals surface area contributed by atoms with Crippen molar-refractivity contribution in [2.45, 2.75) is 0 Å². The average molecular weight is 205 g/mol. The van der Waals surface area contributed by atoms with E-state index in [9.17, 15) is 4.79 Å². The molecular formula is C10H11N3O2. The topological polar surface area (TPSA) is 102 Å². The number of para-hydroxylation sites is 1. The van der Waals surface area contributed by atoms with Crippen molar-refractivity contribution in [3.63, 3.8) is 0 Å². The first-order chi connectivity index (χ1) is 7.09. The van der Waals surface area contributed by atoms with Gasteiger partial charge in [0.1, 0.15) is 0 Å². The van der Waals surface area contributed by atoms with Gasteiger partial charge in [-0.15, -0.1) is 0 Å². The van der Waals surface area contributed by atoms with Crippen molar-refractivity contribution in [2.75, 3.05) is 0 Å². The minimum absolute atomic E-state index is 0.0521. The van der Waals surface area contributed by atoms with Crippen LogP contribution in [0, 0.1) is 0 Å². The number of aromatic nitrogens is 1. The molecule has 0 unspecified atom stereocenters. The highest BCUT2D eigenvalue weighted by Gasteiger charge is 1.89. The van der Waals surface area contributed by atoms with E-state index in [1.165, 1.54) is 6.07 Å². The second-order valence-corrected chi connectivity index (χ2v) is 2.81. The molecule has 1 heterocycles. The molecule has 0 bridgehead atoms. The molecule has 2 aromatic rings. The fourth-order valence-electron chi connectivity index (χ4n) is 1.10. The van der Waals surface area contributed by atoms with Crippen molar-refractivity contribution >= 4 is 16.9 Å². The molecule has 2 amide bonds. The van der Waals surface area contributed by atoms with Crippen LogP contribution in [0.2, 0.25) is 0 Å². The number of hydrogen-bond donors (Lipinski definition) is 3. The molecule has 0 spiro atoms. The van der Waals surface area contributed by atoms with Gasteiger partial charge in [-0.05, 0) is 17.5 Å². The predicted octanol–water partition coefficient (Wildman–Crippen LogP) is 0.552.